The smallest absolute Gasteiger partial charge is 0.249 e. The molecule has 0 unspecified atom stereocenters. The second-order valence-corrected chi connectivity index (χ2v) is 10.1. The molecular weight excluding hydrogens is 436 g/mol. The third kappa shape index (κ3) is 5.19. The molecule has 0 aliphatic carbocycles. The number of carbonyl (C=O) groups is 1. The molecule has 1 amide bonds. The molecule has 29 heavy (non-hydrogen) atoms. The van der Waals surface area contributed by atoms with E-state index in [2.05, 4.69) is 22.1 Å². The number of nitrogens with one attached hydrogen (secondary N) is 1. The minimum absolute atomic E-state index is 0.295. The number of hydrogen-bond donors (Lipinski definition) is 1. The molecule has 9 nitrogen and oxygen atoms in total. The summed E-state index contributed by atoms with van der Waals surface area (Å²) >= 11 is 2.65. The molecule has 1 N–H and O–H groups in total. The van der Waals surface area contributed by atoms with E-state index in [9.17, 15) is 13.2 Å². The molecule has 0 saturated heterocycles. The summed E-state index contributed by atoms with van der Waals surface area (Å²) in [5, 5.41) is 10.8. The van der Waals surface area contributed by atoms with E-state index >= 15 is 0 Å². The number of benzene rings is 1. The van der Waals surface area contributed by atoms with Crippen molar-refractivity contribution < 1.29 is 22.7 Å². The first-order valence-corrected chi connectivity index (χ1v) is 12.2. The maximum atomic E-state index is 12.7. The Morgan fingerprint density at radius 2 is 2.10 bits per heavy atom. The maximum Gasteiger partial charge on any atom is 0.249 e. The molecule has 1 aliphatic heterocycles. The Morgan fingerprint density at radius 3 is 2.79 bits per heavy atom. The average molecular weight is 457 g/mol. The zero-order valence-electron chi connectivity index (χ0n) is 15.8. The van der Waals surface area contributed by atoms with Gasteiger partial charge >= 0.3 is 0 Å². The molecule has 3 rings (SSSR count). The topological polar surface area (TPSA) is 111 Å². The number of rotatable bonds is 8. The predicted octanol–water partition coefficient (Wildman–Crippen LogP) is 2.38. The van der Waals surface area contributed by atoms with Gasteiger partial charge in [0.2, 0.25) is 21.1 Å². The fourth-order valence-electron chi connectivity index (χ4n) is 2.64. The van der Waals surface area contributed by atoms with Crippen LogP contribution < -0.4 is 19.1 Å². The van der Waals surface area contributed by atoms with Gasteiger partial charge in [-0.2, -0.15) is 0 Å². The van der Waals surface area contributed by atoms with Crippen LogP contribution in [0.1, 0.15) is 6.92 Å². The summed E-state index contributed by atoms with van der Waals surface area (Å²) in [6.45, 7) is 5.94. The summed E-state index contributed by atoms with van der Waals surface area (Å²) in [7, 11) is -3.76. The third-order valence-corrected chi connectivity index (χ3v) is 7.04. The highest BCUT2D eigenvalue weighted by atomic mass is 32.2. The van der Waals surface area contributed by atoms with Crippen LogP contribution in [0.5, 0.6) is 11.5 Å². The Kier molecular flexibility index (Phi) is 6.65. The summed E-state index contributed by atoms with van der Waals surface area (Å²) in [5.74, 6) is 1.11. The van der Waals surface area contributed by atoms with Gasteiger partial charge in [-0.25, -0.2) is 8.42 Å². The van der Waals surface area contributed by atoms with E-state index in [1.54, 1.807) is 24.3 Å². The Morgan fingerprint density at radius 1 is 1.38 bits per heavy atom. The number of sulfonamides is 1. The molecule has 1 atom stereocenters. The number of ether oxygens (including phenoxy) is 2. The first-order valence-electron chi connectivity index (χ1n) is 8.56. The quantitative estimate of drug-likeness (QED) is 0.366. The van der Waals surface area contributed by atoms with Gasteiger partial charge in [0.05, 0.1) is 11.9 Å². The number of aromatic nitrogens is 2. The predicted molar refractivity (Wildman–Crippen MR) is 114 cm³/mol. The SMILES string of the molecule is C=CCSc1nnc(NC(=O)[C@@H](C)N(c2ccc3c(c2)OCCO3)S(C)(=O)=O)s1. The van der Waals surface area contributed by atoms with Crippen molar-refractivity contribution in [2.75, 3.05) is 34.8 Å². The summed E-state index contributed by atoms with van der Waals surface area (Å²) in [6.07, 6.45) is 2.78. The Labute approximate surface area is 177 Å². The van der Waals surface area contributed by atoms with Crippen LogP contribution in [0.25, 0.3) is 0 Å². The van der Waals surface area contributed by atoms with Gasteiger partial charge in [-0.05, 0) is 19.1 Å². The Bertz CT molecular complexity index is 1010. The highest BCUT2D eigenvalue weighted by Gasteiger charge is 2.30. The van der Waals surface area contributed by atoms with E-state index in [1.807, 2.05) is 0 Å². The van der Waals surface area contributed by atoms with E-state index in [1.165, 1.54) is 30.0 Å². The minimum atomic E-state index is -3.76. The molecule has 1 aromatic carbocycles. The van der Waals surface area contributed by atoms with Crippen LogP contribution >= 0.6 is 23.1 Å². The van der Waals surface area contributed by atoms with Crippen molar-refractivity contribution in [3.05, 3.63) is 30.9 Å². The van der Waals surface area contributed by atoms with Gasteiger partial charge in [-0.1, -0.05) is 29.2 Å². The summed E-state index contributed by atoms with van der Waals surface area (Å²) in [6, 6.07) is 3.72. The van der Waals surface area contributed by atoms with Crippen LogP contribution in [0.4, 0.5) is 10.8 Å². The first-order chi connectivity index (χ1) is 13.8. The molecule has 2 aromatic rings. The van der Waals surface area contributed by atoms with Gasteiger partial charge in [0.25, 0.3) is 0 Å². The lowest BCUT2D eigenvalue weighted by atomic mass is 10.2. The third-order valence-electron chi connectivity index (χ3n) is 3.83. The van der Waals surface area contributed by atoms with Crippen LogP contribution in [-0.4, -0.2) is 55.8 Å². The average Bonchev–Trinajstić information content (AvgIpc) is 3.12. The van der Waals surface area contributed by atoms with E-state index in [0.717, 1.165) is 10.6 Å². The molecule has 156 valence electrons. The van der Waals surface area contributed by atoms with Crippen LogP contribution in [0.15, 0.2) is 35.2 Å². The standard InChI is InChI=1S/C17H20N4O5S3/c1-4-9-27-17-20-19-16(28-17)18-15(22)11(2)21(29(3,23)24)12-5-6-13-14(10-12)26-8-7-25-13/h4-6,10-11H,1,7-9H2,2-3H3,(H,18,19,22)/t11-/m1/s1. The van der Waals surface area contributed by atoms with Crippen molar-refractivity contribution in [3.63, 3.8) is 0 Å². The lowest BCUT2D eigenvalue weighted by molar-refractivity contribution is -0.116. The number of nitrogens with zero attached hydrogens (tertiary/aromatic N) is 3. The molecule has 1 aliphatic rings. The minimum Gasteiger partial charge on any atom is -0.486 e. The van der Waals surface area contributed by atoms with Crippen LogP contribution in [0.3, 0.4) is 0 Å². The summed E-state index contributed by atoms with van der Waals surface area (Å²) in [5.41, 5.74) is 0.305. The highest BCUT2D eigenvalue weighted by molar-refractivity contribution is 8.01. The van der Waals surface area contributed by atoms with E-state index in [0.29, 0.717) is 45.6 Å². The molecule has 0 radical (unpaired) electrons. The molecule has 0 fully saturated rings. The normalized spacial score (nSPS) is 14.1. The van der Waals surface area contributed by atoms with Crippen molar-refractivity contribution in [1.29, 1.82) is 0 Å². The number of hydrogen-bond acceptors (Lipinski definition) is 9. The van der Waals surface area contributed by atoms with Gasteiger partial charge in [0.15, 0.2) is 15.8 Å². The van der Waals surface area contributed by atoms with Gasteiger partial charge in [0, 0.05) is 11.8 Å². The number of fused-ring (bicyclic) bond motifs is 1. The Hall–Kier alpha value is -2.31. The van der Waals surface area contributed by atoms with Crippen molar-refractivity contribution in [2.24, 2.45) is 0 Å². The number of amides is 1. The molecule has 0 bridgehead atoms. The second-order valence-electron chi connectivity index (χ2n) is 6.02. The summed E-state index contributed by atoms with van der Waals surface area (Å²) in [4.78, 5) is 12.7. The van der Waals surface area contributed by atoms with Gasteiger partial charge in [0.1, 0.15) is 19.3 Å². The zero-order chi connectivity index (χ0) is 21.0. The lowest BCUT2D eigenvalue weighted by Crippen LogP contribution is -2.45. The van der Waals surface area contributed by atoms with Crippen molar-refractivity contribution >= 4 is 49.8 Å². The first kappa shape index (κ1) is 21.4. The van der Waals surface area contributed by atoms with Gasteiger partial charge < -0.3 is 9.47 Å². The van der Waals surface area contributed by atoms with E-state index in [4.69, 9.17) is 9.47 Å². The second kappa shape index (κ2) is 9.01. The van der Waals surface area contributed by atoms with Crippen LogP contribution in [0.2, 0.25) is 0 Å². The number of anilines is 2. The molecule has 1 aromatic heterocycles. The number of thioether (sulfide) groups is 1. The fraction of sp³-hybridized carbons (Fsp3) is 0.353. The van der Waals surface area contributed by atoms with E-state index in [-0.39, 0.29) is 0 Å². The van der Waals surface area contributed by atoms with Crippen LogP contribution in [0, 0.1) is 0 Å². The molecule has 12 heteroatoms. The lowest BCUT2D eigenvalue weighted by Gasteiger charge is -2.29. The van der Waals surface area contributed by atoms with Crippen molar-refractivity contribution in [2.45, 2.75) is 17.3 Å². The zero-order valence-corrected chi connectivity index (χ0v) is 18.3. The molecule has 0 saturated carbocycles. The summed E-state index contributed by atoms with van der Waals surface area (Å²) < 4.78 is 37.6. The monoisotopic (exact) mass is 456 g/mol. The maximum absolute atomic E-state index is 12.7. The van der Waals surface area contributed by atoms with E-state index < -0.39 is 22.0 Å². The fourth-order valence-corrected chi connectivity index (χ4v) is 5.32. The highest BCUT2D eigenvalue weighted by Crippen LogP contribution is 2.35. The molecule has 0 spiro atoms. The van der Waals surface area contributed by atoms with Gasteiger partial charge in [-0.3, -0.25) is 14.4 Å². The number of carbonyl (C=O) groups excluding carboxylic acids is 1. The Balaban J connectivity index is 1.80. The van der Waals surface area contributed by atoms with Crippen molar-refractivity contribution in [3.8, 4) is 11.5 Å². The molecule has 2 heterocycles. The van der Waals surface area contributed by atoms with Gasteiger partial charge in [-0.15, -0.1) is 16.8 Å². The van der Waals surface area contributed by atoms with Crippen LogP contribution in [-0.2, 0) is 14.8 Å². The van der Waals surface area contributed by atoms with Crippen molar-refractivity contribution in [1.82, 2.24) is 10.2 Å². The molecular formula is C17H20N4O5S3. The largest absolute Gasteiger partial charge is 0.486 e.